The van der Waals surface area contributed by atoms with Crippen molar-refractivity contribution in [1.82, 2.24) is 4.57 Å². The summed E-state index contributed by atoms with van der Waals surface area (Å²) in [6, 6.07) is 16.3. The third-order valence-corrected chi connectivity index (χ3v) is 4.90. The first-order valence-corrected chi connectivity index (χ1v) is 9.54. The molecule has 0 aliphatic heterocycles. The lowest BCUT2D eigenvalue weighted by Crippen LogP contribution is -2.22. The highest BCUT2D eigenvalue weighted by Gasteiger charge is 2.19. The Balaban J connectivity index is 1.99. The zero-order valence-corrected chi connectivity index (χ0v) is 17.5. The third kappa shape index (κ3) is 4.56. The van der Waals surface area contributed by atoms with Crippen LogP contribution in [0.3, 0.4) is 0 Å². The minimum atomic E-state index is -0.527. The molecular formula is C23H22N4O4. The van der Waals surface area contributed by atoms with E-state index in [0.29, 0.717) is 17.9 Å². The minimum Gasteiger partial charge on any atom is -0.497 e. The van der Waals surface area contributed by atoms with Gasteiger partial charge < -0.3 is 14.6 Å². The van der Waals surface area contributed by atoms with Crippen molar-refractivity contribution in [3.8, 4) is 23.4 Å². The minimum absolute atomic E-state index is 0.00464. The number of rotatable bonds is 7. The molecule has 8 heteroatoms. The van der Waals surface area contributed by atoms with Crippen LogP contribution in [0.15, 0.2) is 63.6 Å². The van der Waals surface area contributed by atoms with Gasteiger partial charge in [-0.25, -0.2) is 0 Å². The molecule has 1 aromatic heterocycles. The van der Waals surface area contributed by atoms with Gasteiger partial charge in [-0.3, -0.25) is 9.36 Å². The number of aromatic hydroxyl groups is 1. The number of azo groups is 1. The average Bonchev–Trinajstić information content (AvgIpc) is 2.79. The Morgan fingerprint density at radius 3 is 2.42 bits per heavy atom. The molecule has 0 atom stereocenters. The summed E-state index contributed by atoms with van der Waals surface area (Å²) in [5.41, 5.74) is 1.12. The number of nitrogens with zero attached hydrogens (tertiary/aromatic N) is 4. The second-order valence-electron chi connectivity index (χ2n) is 6.71. The smallest absolute Gasteiger partial charge is 0.281 e. The van der Waals surface area contributed by atoms with Crippen molar-refractivity contribution in [2.75, 3.05) is 14.2 Å². The van der Waals surface area contributed by atoms with Crippen LogP contribution in [-0.2, 0) is 13.0 Å². The Labute approximate surface area is 179 Å². The summed E-state index contributed by atoms with van der Waals surface area (Å²) in [6.45, 7) is 1.73. The van der Waals surface area contributed by atoms with E-state index in [1.807, 2.05) is 30.3 Å². The fourth-order valence-corrected chi connectivity index (χ4v) is 3.11. The largest absolute Gasteiger partial charge is 0.497 e. The molecule has 0 radical (unpaired) electrons. The van der Waals surface area contributed by atoms with Crippen molar-refractivity contribution in [1.29, 1.82) is 5.26 Å². The highest BCUT2D eigenvalue weighted by Crippen LogP contribution is 2.30. The topological polar surface area (TPSA) is 109 Å². The Hall–Kier alpha value is -4.12. The lowest BCUT2D eigenvalue weighted by atomic mass is 10.1. The Morgan fingerprint density at radius 2 is 1.77 bits per heavy atom. The van der Waals surface area contributed by atoms with Crippen LogP contribution in [0.5, 0.6) is 17.4 Å². The van der Waals surface area contributed by atoms with E-state index in [4.69, 9.17) is 9.47 Å². The van der Waals surface area contributed by atoms with Crippen molar-refractivity contribution in [3.63, 3.8) is 0 Å². The average molecular weight is 418 g/mol. The molecule has 0 unspecified atom stereocenters. The first kappa shape index (κ1) is 21.6. The van der Waals surface area contributed by atoms with Crippen LogP contribution < -0.4 is 15.0 Å². The molecular weight excluding hydrogens is 396 g/mol. The van der Waals surface area contributed by atoms with E-state index in [0.717, 1.165) is 15.9 Å². The molecule has 1 N–H and O–H groups in total. The molecule has 2 aromatic carbocycles. The van der Waals surface area contributed by atoms with E-state index in [2.05, 4.69) is 10.2 Å². The maximum absolute atomic E-state index is 13.1. The van der Waals surface area contributed by atoms with Crippen molar-refractivity contribution in [3.05, 3.63) is 75.6 Å². The highest BCUT2D eigenvalue weighted by molar-refractivity contribution is 5.57. The number of hydrogen-bond donors (Lipinski definition) is 1. The molecule has 0 saturated carbocycles. The van der Waals surface area contributed by atoms with Crippen LogP contribution in [0.4, 0.5) is 11.4 Å². The molecule has 0 saturated heterocycles. The van der Waals surface area contributed by atoms with Gasteiger partial charge in [0.05, 0.1) is 14.2 Å². The molecule has 3 aromatic rings. The van der Waals surface area contributed by atoms with Gasteiger partial charge in [-0.1, -0.05) is 24.3 Å². The Kier molecular flexibility index (Phi) is 6.67. The summed E-state index contributed by atoms with van der Waals surface area (Å²) < 4.78 is 11.5. The maximum atomic E-state index is 13.1. The van der Waals surface area contributed by atoms with Gasteiger partial charge in [-0.2, -0.15) is 5.26 Å². The fraction of sp³-hybridized carbons (Fsp3) is 0.217. The number of methoxy groups -OCH3 is 2. The van der Waals surface area contributed by atoms with E-state index in [1.165, 1.54) is 7.11 Å². The van der Waals surface area contributed by atoms with E-state index in [-0.39, 0.29) is 29.2 Å². The van der Waals surface area contributed by atoms with Gasteiger partial charge in [-0.05, 0) is 43.2 Å². The molecule has 0 aliphatic rings. The number of pyridine rings is 1. The Bertz CT molecular complexity index is 1210. The Morgan fingerprint density at radius 1 is 1.06 bits per heavy atom. The number of nitriles is 1. The molecule has 31 heavy (non-hydrogen) atoms. The summed E-state index contributed by atoms with van der Waals surface area (Å²) in [6.07, 6.45) is 0.467. The van der Waals surface area contributed by atoms with Crippen LogP contribution in [0.1, 0.15) is 16.7 Å². The van der Waals surface area contributed by atoms with E-state index < -0.39 is 5.56 Å². The zero-order chi connectivity index (χ0) is 22.4. The standard InChI is InChI=1S/C23H22N4O4/c1-15-18(14-24)22(28)27(13-12-16-8-10-17(30-2)11-9-16)23(29)21(15)26-25-19-6-4-5-7-20(19)31-3/h4-11,28H,12-13H2,1-3H3. The second-order valence-corrected chi connectivity index (χ2v) is 6.71. The van der Waals surface area contributed by atoms with Gasteiger partial charge in [0.25, 0.3) is 5.56 Å². The quantitative estimate of drug-likeness (QED) is 0.572. The van der Waals surface area contributed by atoms with Crippen molar-refractivity contribution in [2.45, 2.75) is 19.9 Å². The second kappa shape index (κ2) is 9.59. The summed E-state index contributed by atoms with van der Waals surface area (Å²) >= 11 is 0. The lowest BCUT2D eigenvalue weighted by molar-refractivity contribution is 0.403. The monoisotopic (exact) mass is 418 g/mol. The van der Waals surface area contributed by atoms with Crippen LogP contribution in [0.25, 0.3) is 0 Å². The van der Waals surface area contributed by atoms with Crippen LogP contribution in [0, 0.1) is 18.3 Å². The van der Waals surface area contributed by atoms with E-state index in [9.17, 15) is 15.2 Å². The molecule has 0 aliphatic carbocycles. The normalized spacial score (nSPS) is 10.8. The number of aryl methyl sites for hydroxylation is 1. The third-order valence-electron chi connectivity index (χ3n) is 4.90. The summed E-state index contributed by atoms with van der Waals surface area (Å²) in [4.78, 5) is 13.1. The molecule has 3 rings (SSSR count). The van der Waals surface area contributed by atoms with Gasteiger partial charge in [0.15, 0.2) is 5.69 Å². The van der Waals surface area contributed by atoms with Gasteiger partial charge in [0, 0.05) is 12.1 Å². The first-order chi connectivity index (χ1) is 15.0. The number of hydrogen-bond acceptors (Lipinski definition) is 7. The summed E-state index contributed by atoms with van der Waals surface area (Å²) in [5.74, 6) is 0.850. The predicted molar refractivity (Wildman–Crippen MR) is 116 cm³/mol. The fourth-order valence-electron chi connectivity index (χ4n) is 3.11. The van der Waals surface area contributed by atoms with Gasteiger partial charge in [-0.15, -0.1) is 10.2 Å². The van der Waals surface area contributed by atoms with Gasteiger partial charge >= 0.3 is 0 Å². The molecule has 8 nitrogen and oxygen atoms in total. The van der Waals surface area contributed by atoms with Crippen molar-refractivity contribution >= 4 is 11.4 Å². The molecule has 158 valence electrons. The molecule has 0 spiro atoms. The first-order valence-electron chi connectivity index (χ1n) is 9.54. The van der Waals surface area contributed by atoms with Crippen LogP contribution >= 0.6 is 0 Å². The molecule has 0 fully saturated rings. The summed E-state index contributed by atoms with van der Waals surface area (Å²) in [7, 11) is 3.10. The van der Waals surface area contributed by atoms with E-state index >= 15 is 0 Å². The van der Waals surface area contributed by atoms with Crippen LogP contribution in [-0.4, -0.2) is 23.9 Å². The number of ether oxygens (including phenoxy) is 2. The number of aromatic nitrogens is 1. The lowest BCUT2D eigenvalue weighted by Gasteiger charge is -2.13. The molecule has 1 heterocycles. The summed E-state index contributed by atoms with van der Waals surface area (Å²) in [5, 5.41) is 28.3. The molecule has 0 amide bonds. The van der Waals surface area contributed by atoms with Crippen molar-refractivity contribution in [2.24, 2.45) is 10.2 Å². The SMILES string of the molecule is COc1ccc(CCn2c(O)c(C#N)c(C)c(N=Nc3ccccc3OC)c2=O)cc1. The maximum Gasteiger partial charge on any atom is 0.281 e. The zero-order valence-electron chi connectivity index (χ0n) is 17.5. The number of benzene rings is 2. The highest BCUT2D eigenvalue weighted by atomic mass is 16.5. The number of para-hydroxylation sites is 1. The van der Waals surface area contributed by atoms with Crippen LogP contribution in [0.2, 0.25) is 0 Å². The molecule has 0 bridgehead atoms. The van der Waals surface area contributed by atoms with Gasteiger partial charge in [0.1, 0.15) is 28.8 Å². The van der Waals surface area contributed by atoms with Crippen molar-refractivity contribution < 1.29 is 14.6 Å². The van der Waals surface area contributed by atoms with Gasteiger partial charge in [0.2, 0.25) is 5.88 Å². The van der Waals surface area contributed by atoms with E-state index in [1.54, 1.807) is 38.3 Å². The predicted octanol–water partition coefficient (Wildman–Crippen LogP) is 4.41.